The zero-order valence-electron chi connectivity index (χ0n) is 11.7. The molecule has 1 aromatic heterocycles. The summed E-state index contributed by atoms with van der Waals surface area (Å²) in [4.78, 5) is 0. The molecule has 1 heterocycles. The first kappa shape index (κ1) is 12.0. The Balaban J connectivity index is 2.40. The molecule has 0 radical (unpaired) electrons. The van der Waals surface area contributed by atoms with Crippen LogP contribution in [-0.2, 0) is 0 Å². The maximum Gasteiger partial charge on any atom is 0.0491 e. The Hall–Kier alpha value is -2.02. The van der Waals surface area contributed by atoms with E-state index in [9.17, 15) is 0 Å². The normalized spacial score (nSPS) is 11.4. The van der Waals surface area contributed by atoms with Crippen LogP contribution in [0.15, 0.2) is 54.6 Å². The van der Waals surface area contributed by atoms with Crippen molar-refractivity contribution in [3.63, 3.8) is 0 Å². The van der Waals surface area contributed by atoms with E-state index in [0.717, 1.165) is 0 Å². The largest absolute Gasteiger partial charge is 0.342 e. The molecule has 0 atom stereocenters. The second-order valence-corrected chi connectivity index (χ2v) is 5.31. The molecule has 0 aliphatic heterocycles. The third-order valence-corrected chi connectivity index (χ3v) is 3.73. The highest BCUT2D eigenvalue weighted by Gasteiger charge is 2.16. The fraction of sp³-hybridized carbons (Fsp3) is 0.222. The zero-order valence-corrected chi connectivity index (χ0v) is 11.7. The van der Waals surface area contributed by atoms with E-state index in [1.165, 1.54) is 27.7 Å². The molecular formula is C18H19N. The number of fused-ring (bicyclic) bond motifs is 1. The van der Waals surface area contributed by atoms with Gasteiger partial charge in [0.25, 0.3) is 0 Å². The zero-order chi connectivity index (χ0) is 13.4. The second kappa shape index (κ2) is 4.58. The molecule has 0 bridgehead atoms. The summed E-state index contributed by atoms with van der Waals surface area (Å²) in [5.41, 5.74) is 5.34. The molecule has 0 amide bonds. The van der Waals surface area contributed by atoms with Crippen LogP contribution in [0.1, 0.15) is 25.6 Å². The summed E-state index contributed by atoms with van der Waals surface area (Å²) in [6.45, 7) is 6.71. The molecule has 0 spiro atoms. The quantitative estimate of drug-likeness (QED) is 0.588. The topological polar surface area (TPSA) is 4.93 Å². The molecule has 0 aliphatic rings. The average molecular weight is 249 g/mol. The first-order valence-corrected chi connectivity index (χ1v) is 6.85. The van der Waals surface area contributed by atoms with Crippen molar-refractivity contribution in [3.05, 3.63) is 60.3 Å². The van der Waals surface area contributed by atoms with Crippen molar-refractivity contribution >= 4 is 10.9 Å². The van der Waals surface area contributed by atoms with Gasteiger partial charge in [-0.1, -0.05) is 48.5 Å². The summed E-state index contributed by atoms with van der Waals surface area (Å²) in [5, 5.41) is 1.35. The Morgan fingerprint density at radius 3 is 2.16 bits per heavy atom. The van der Waals surface area contributed by atoms with Gasteiger partial charge in [0.05, 0.1) is 0 Å². The van der Waals surface area contributed by atoms with Crippen LogP contribution in [0.25, 0.3) is 22.0 Å². The van der Waals surface area contributed by atoms with E-state index < -0.39 is 0 Å². The molecule has 0 unspecified atom stereocenters. The van der Waals surface area contributed by atoms with Crippen molar-refractivity contribution in [2.75, 3.05) is 0 Å². The van der Waals surface area contributed by atoms with Gasteiger partial charge in [-0.2, -0.15) is 0 Å². The maximum absolute atomic E-state index is 2.43. The van der Waals surface area contributed by atoms with Crippen LogP contribution >= 0.6 is 0 Å². The minimum absolute atomic E-state index is 0.474. The van der Waals surface area contributed by atoms with Crippen LogP contribution in [0.5, 0.6) is 0 Å². The minimum Gasteiger partial charge on any atom is -0.342 e. The summed E-state index contributed by atoms with van der Waals surface area (Å²) in [6.07, 6.45) is 0. The van der Waals surface area contributed by atoms with Crippen molar-refractivity contribution < 1.29 is 0 Å². The number of para-hydroxylation sites is 1. The van der Waals surface area contributed by atoms with Crippen LogP contribution in [-0.4, -0.2) is 4.57 Å². The molecule has 1 heteroatoms. The van der Waals surface area contributed by atoms with E-state index in [1.54, 1.807) is 0 Å². The van der Waals surface area contributed by atoms with Crippen LogP contribution in [0.4, 0.5) is 0 Å². The van der Waals surface area contributed by atoms with Gasteiger partial charge in [-0.15, -0.1) is 0 Å². The predicted octanol–water partition coefficient (Wildman–Crippen LogP) is 5.20. The molecule has 0 saturated heterocycles. The van der Waals surface area contributed by atoms with Crippen molar-refractivity contribution in [2.24, 2.45) is 0 Å². The number of rotatable bonds is 2. The number of hydrogen-bond acceptors (Lipinski definition) is 0. The number of hydrogen-bond donors (Lipinski definition) is 0. The third kappa shape index (κ3) is 1.86. The van der Waals surface area contributed by atoms with Gasteiger partial charge in [0.2, 0.25) is 0 Å². The highest BCUT2D eigenvalue weighted by Crippen LogP contribution is 2.36. The highest BCUT2D eigenvalue weighted by atomic mass is 15.0. The van der Waals surface area contributed by atoms with E-state index >= 15 is 0 Å². The summed E-state index contributed by atoms with van der Waals surface area (Å²) in [6, 6.07) is 19.8. The molecule has 96 valence electrons. The lowest BCUT2D eigenvalue weighted by atomic mass is 10.0. The smallest absolute Gasteiger partial charge is 0.0491 e. The van der Waals surface area contributed by atoms with Crippen LogP contribution in [0.3, 0.4) is 0 Å². The molecular weight excluding hydrogens is 230 g/mol. The molecule has 3 aromatic rings. The standard InChI is InChI=1S/C18H19N/c1-13(2)19-14(3)18(15-9-5-4-6-10-15)16-11-7-8-12-17(16)19/h4-13H,1-3H3. The lowest BCUT2D eigenvalue weighted by molar-refractivity contribution is 0.608. The van der Waals surface area contributed by atoms with Crippen molar-refractivity contribution in [3.8, 4) is 11.1 Å². The van der Waals surface area contributed by atoms with Crippen LogP contribution in [0, 0.1) is 6.92 Å². The Morgan fingerprint density at radius 1 is 0.842 bits per heavy atom. The molecule has 0 N–H and O–H groups in total. The first-order chi connectivity index (χ1) is 9.20. The average Bonchev–Trinajstić information content (AvgIpc) is 2.71. The Bertz CT molecular complexity index is 705. The summed E-state index contributed by atoms with van der Waals surface area (Å²) >= 11 is 0. The number of nitrogens with zero attached hydrogens (tertiary/aromatic N) is 1. The summed E-state index contributed by atoms with van der Waals surface area (Å²) in [5.74, 6) is 0. The lowest BCUT2D eigenvalue weighted by Gasteiger charge is -2.12. The molecule has 0 aliphatic carbocycles. The summed E-state index contributed by atoms with van der Waals surface area (Å²) < 4.78 is 2.43. The van der Waals surface area contributed by atoms with Gasteiger partial charge in [-0.3, -0.25) is 0 Å². The van der Waals surface area contributed by atoms with Gasteiger partial charge in [0, 0.05) is 28.2 Å². The van der Waals surface area contributed by atoms with Crippen LogP contribution < -0.4 is 0 Å². The van der Waals surface area contributed by atoms with Gasteiger partial charge in [-0.25, -0.2) is 0 Å². The maximum atomic E-state index is 2.43. The van der Waals surface area contributed by atoms with E-state index in [2.05, 4.69) is 79.9 Å². The van der Waals surface area contributed by atoms with E-state index in [1.807, 2.05) is 0 Å². The molecule has 0 saturated carbocycles. The number of benzene rings is 2. The van der Waals surface area contributed by atoms with Crippen molar-refractivity contribution in [2.45, 2.75) is 26.8 Å². The van der Waals surface area contributed by atoms with Gasteiger partial charge in [0.15, 0.2) is 0 Å². The van der Waals surface area contributed by atoms with E-state index in [-0.39, 0.29) is 0 Å². The second-order valence-electron chi connectivity index (χ2n) is 5.31. The first-order valence-electron chi connectivity index (χ1n) is 6.85. The Morgan fingerprint density at radius 2 is 1.47 bits per heavy atom. The van der Waals surface area contributed by atoms with E-state index in [0.29, 0.717) is 6.04 Å². The van der Waals surface area contributed by atoms with Gasteiger partial charge in [0.1, 0.15) is 0 Å². The fourth-order valence-electron chi connectivity index (χ4n) is 3.03. The molecule has 19 heavy (non-hydrogen) atoms. The molecule has 1 nitrogen and oxygen atoms in total. The van der Waals surface area contributed by atoms with E-state index in [4.69, 9.17) is 0 Å². The Labute approximate surface area is 114 Å². The van der Waals surface area contributed by atoms with Gasteiger partial charge < -0.3 is 4.57 Å². The lowest BCUT2D eigenvalue weighted by Crippen LogP contribution is -2.02. The fourth-order valence-corrected chi connectivity index (χ4v) is 3.03. The molecule has 0 fully saturated rings. The third-order valence-electron chi connectivity index (χ3n) is 3.73. The minimum atomic E-state index is 0.474. The van der Waals surface area contributed by atoms with Crippen molar-refractivity contribution in [1.82, 2.24) is 4.57 Å². The molecule has 3 rings (SSSR count). The number of aromatic nitrogens is 1. The van der Waals surface area contributed by atoms with Crippen LogP contribution in [0.2, 0.25) is 0 Å². The predicted molar refractivity (Wildman–Crippen MR) is 82.5 cm³/mol. The highest BCUT2D eigenvalue weighted by molar-refractivity contribution is 5.98. The SMILES string of the molecule is Cc1c(-c2ccccc2)c2ccccc2n1C(C)C. The monoisotopic (exact) mass is 249 g/mol. The summed E-state index contributed by atoms with van der Waals surface area (Å²) in [7, 11) is 0. The van der Waals surface area contributed by atoms with Crippen molar-refractivity contribution in [1.29, 1.82) is 0 Å². The Kier molecular flexibility index (Phi) is 2.90. The van der Waals surface area contributed by atoms with Gasteiger partial charge in [-0.05, 0) is 32.4 Å². The molecule has 2 aromatic carbocycles. The van der Waals surface area contributed by atoms with Gasteiger partial charge >= 0.3 is 0 Å².